The van der Waals surface area contributed by atoms with Crippen LogP contribution in [0.15, 0.2) is 12.1 Å². The molecule has 1 aromatic rings. The van der Waals surface area contributed by atoms with E-state index in [1.807, 2.05) is 0 Å². The molecule has 0 heterocycles. The van der Waals surface area contributed by atoms with Crippen LogP contribution in [0.5, 0.6) is 0 Å². The second-order valence-electron chi connectivity index (χ2n) is 6.74. The van der Waals surface area contributed by atoms with E-state index in [2.05, 4.69) is 13.8 Å². The predicted molar refractivity (Wildman–Crippen MR) is 78.4 cm³/mol. The lowest BCUT2D eigenvalue weighted by Crippen LogP contribution is -2.34. The Kier molecular flexibility index (Phi) is 4.48. The molecule has 1 aliphatic carbocycles. The van der Waals surface area contributed by atoms with Gasteiger partial charge in [-0.2, -0.15) is 0 Å². The van der Waals surface area contributed by atoms with Gasteiger partial charge in [0.1, 0.15) is 0 Å². The van der Waals surface area contributed by atoms with E-state index in [0.717, 1.165) is 32.1 Å². The van der Waals surface area contributed by atoms with E-state index in [9.17, 15) is 8.78 Å². The molecule has 1 atom stereocenters. The Balaban J connectivity index is 2.38. The van der Waals surface area contributed by atoms with Crippen molar-refractivity contribution in [1.29, 1.82) is 0 Å². The van der Waals surface area contributed by atoms with Gasteiger partial charge in [-0.3, -0.25) is 0 Å². The number of halogens is 2. The van der Waals surface area contributed by atoms with Gasteiger partial charge in [-0.05, 0) is 43.1 Å². The second-order valence-corrected chi connectivity index (χ2v) is 6.74. The van der Waals surface area contributed by atoms with E-state index < -0.39 is 17.7 Å². The number of nitrogens with two attached hydrogens (primary N) is 1. The molecule has 0 amide bonds. The highest BCUT2D eigenvalue weighted by Gasteiger charge is 2.41. The van der Waals surface area contributed by atoms with Crippen LogP contribution in [0, 0.1) is 29.9 Å². The standard InChI is InChI=1S/C17H25F2N/c1-11(2)10-17(8-4-5-9-17)16(20)13-7-6-12(3)14(18)15(13)19/h6-7,11,16H,4-5,8-10,20H2,1-3H3. The zero-order chi connectivity index (χ0) is 14.9. The summed E-state index contributed by atoms with van der Waals surface area (Å²) in [5.41, 5.74) is 7.00. The van der Waals surface area contributed by atoms with E-state index in [4.69, 9.17) is 5.73 Å². The number of benzene rings is 1. The van der Waals surface area contributed by atoms with Gasteiger partial charge in [0, 0.05) is 11.6 Å². The zero-order valence-corrected chi connectivity index (χ0v) is 12.7. The van der Waals surface area contributed by atoms with Crippen molar-refractivity contribution in [3.63, 3.8) is 0 Å². The normalized spacial score (nSPS) is 19.6. The molecule has 1 aromatic carbocycles. The second kappa shape index (κ2) is 5.80. The fraction of sp³-hybridized carbons (Fsp3) is 0.647. The summed E-state index contributed by atoms with van der Waals surface area (Å²) < 4.78 is 28.0. The van der Waals surface area contributed by atoms with Gasteiger partial charge in [0.2, 0.25) is 0 Å². The molecule has 1 aliphatic rings. The van der Waals surface area contributed by atoms with Crippen LogP contribution < -0.4 is 5.73 Å². The Bertz CT molecular complexity index is 476. The van der Waals surface area contributed by atoms with Gasteiger partial charge >= 0.3 is 0 Å². The number of hydrogen-bond donors (Lipinski definition) is 1. The molecule has 1 unspecified atom stereocenters. The zero-order valence-electron chi connectivity index (χ0n) is 12.7. The van der Waals surface area contributed by atoms with Gasteiger partial charge in [0.25, 0.3) is 0 Å². The molecule has 0 aromatic heterocycles. The van der Waals surface area contributed by atoms with Crippen molar-refractivity contribution in [1.82, 2.24) is 0 Å². The Morgan fingerprint density at radius 2 is 1.75 bits per heavy atom. The molecule has 1 nitrogen and oxygen atoms in total. The molecule has 3 heteroatoms. The summed E-state index contributed by atoms with van der Waals surface area (Å²) in [5, 5.41) is 0. The van der Waals surface area contributed by atoms with E-state index >= 15 is 0 Å². The minimum atomic E-state index is -0.757. The van der Waals surface area contributed by atoms with Crippen molar-refractivity contribution in [2.45, 2.75) is 58.9 Å². The summed E-state index contributed by atoms with van der Waals surface area (Å²) in [6.45, 7) is 5.91. The van der Waals surface area contributed by atoms with Crippen LogP contribution in [0.4, 0.5) is 8.78 Å². The van der Waals surface area contributed by atoms with Gasteiger partial charge in [-0.1, -0.05) is 38.8 Å². The third-order valence-electron chi connectivity index (χ3n) is 4.71. The molecule has 0 aliphatic heterocycles. The maximum Gasteiger partial charge on any atom is 0.163 e. The quantitative estimate of drug-likeness (QED) is 0.836. The van der Waals surface area contributed by atoms with Gasteiger partial charge in [0.05, 0.1) is 0 Å². The Morgan fingerprint density at radius 3 is 2.30 bits per heavy atom. The SMILES string of the molecule is Cc1ccc(C(N)C2(CC(C)C)CCCC2)c(F)c1F. The molecule has 0 spiro atoms. The Labute approximate surface area is 120 Å². The van der Waals surface area contributed by atoms with E-state index in [-0.39, 0.29) is 5.41 Å². The minimum absolute atomic E-state index is 0.0727. The topological polar surface area (TPSA) is 26.0 Å². The van der Waals surface area contributed by atoms with E-state index in [0.29, 0.717) is 17.0 Å². The van der Waals surface area contributed by atoms with Crippen LogP contribution in [-0.2, 0) is 0 Å². The van der Waals surface area contributed by atoms with Crippen molar-refractivity contribution in [3.8, 4) is 0 Å². The minimum Gasteiger partial charge on any atom is -0.323 e. The maximum atomic E-state index is 14.2. The highest BCUT2D eigenvalue weighted by Crippen LogP contribution is 2.51. The average Bonchev–Trinajstić information content (AvgIpc) is 2.84. The summed E-state index contributed by atoms with van der Waals surface area (Å²) in [6.07, 6.45) is 5.28. The van der Waals surface area contributed by atoms with Gasteiger partial charge in [-0.25, -0.2) is 8.78 Å². The third kappa shape index (κ3) is 2.73. The van der Waals surface area contributed by atoms with Crippen LogP contribution in [0.1, 0.15) is 63.1 Å². The van der Waals surface area contributed by atoms with Crippen LogP contribution in [-0.4, -0.2) is 0 Å². The van der Waals surface area contributed by atoms with Crippen molar-refractivity contribution in [3.05, 3.63) is 34.9 Å². The lowest BCUT2D eigenvalue weighted by atomic mass is 9.70. The molecule has 20 heavy (non-hydrogen) atoms. The molecular formula is C17H25F2N. The predicted octanol–water partition coefficient (Wildman–Crippen LogP) is 4.88. The van der Waals surface area contributed by atoms with E-state index in [1.165, 1.54) is 0 Å². The highest BCUT2D eigenvalue weighted by molar-refractivity contribution is 5.29. The van der Waals surface area contributed by atoms with E-state index in [1.54, 1.807) is 19.1 Å². The molecular weight excluding hydrogens is 256 g/mol. The van der Waals surface area contributed by atoms with Gasteiger partial charge < -0.3 is 5.73 Å². The Hall–Kier alpha value is -0.960. The van der Waals surface area contributed by atoms with Crippen molar-refractivity contribution in [2.24, 2.45) is 17.1 Å². The van der Waals surface area contributed by atoms with Crippen LogP contribution in [0.2, 0.25) is 0 Å². The van der Waals surface area contributed by atoms with Crippen LogP contribution >= 0.6 is 0 Å². The summed E-state index contributed by atoms with van der Waals surface area (Å²) in [5.74, 6) is -0.999. The summed E-state index contributed by atoms with van der Waals surface area (Å²) >= 11 is 0. The summed E-state index contributed by atoms with van der Waals surface area (Å²) in [4.78, 5) is 0. The molecule has 1 saturated carbocycles. The number of aryl methyl sites for hydroxylation is 1. The summed E-state index contributed by atoms with van der Waals surface area (Å²) in [7, 11) is 0. The third-order valence-corrected chi connectivity index (χ3v) is 4.71. The summed E-state index contributed by atoms with van der Waals surface area (Å²) in [6, 6.07) is 2.88. The first-order valence-corrected chi connectivity index (χ1v) is 7.57. The van der Waals surface area contributed by atoms with Crippen LogP contribution in [0.3, 0.4) is 0 Å². The largest absolute Gasteiger partial charge is 0.323 e. The smallest absolute Gasteiger partial charge is 0.163 e. The lowest BCUT2D eigenvalue weighted by molar-refractivity contribution is 0.180. The molecule has 0 radical (unpaired) electrons. The molecule has 0 bridgehead atoms. The molecule has 112 valence electrons. The first kappa shape index (κ1) is 15.4. The van der Waals surface area contributed by atoms with Crippen LogP contribution in [0.25, 0.3) is 0 Å². The van der Waals surface area contributed by atoms with Gasteiger partial charge in [0.15, 0.2) is 11.6 Å². The molecule has 1 fully saturated rings. The molecule has 0 saturated heterocycles. The monoisotopic (exact) mass is 281 g/mol. The molecule has 2 rings (SSSR count). The first-order valence-electron chi connectivity index (χ1n) is 7.57. The fourth-order valence-electron chi connectivity index (χ4n) is 3.77. The number of hydrogen-bond acceptors (Lipinski definition) is 1. The first-order chi connectivity index (χ1) is 9.37. The lowest BCUT2D eigenvalue weighted by Gasteiger charge is -2.37. The molecule has 2 N–H and O–H groups in total. The maximum absolute atomic E-state index is 14.2. The van der Waals surface area contributed by atoms with Crippen molar-refractivity contribution >= 4 is 0 Å². The average molecular weight is 281 g/mol. The van der Waals surface area contributed by atoms with Crippen molar-refractivity contribution < 1.29 is 8.78 Å². The number of rotatable bonds is 4. The fourth-order valence-corrected chi connectivity index (χ4v) is 3.77. The van der Waals surface area contributed by atoms with Crippen molar-refractivity contribution in [2.75, 3.05) is 0 Å². The Morgan fingerprint density at radius 1 is 1.15 bits per heavy atom. The highest BCUT2D eigenvalue weighted by atomic mass is 19.2. The van der Waals surface area contributed by atoms with Gasteiger partial charge in [-0.15, -0.1) is 0 Å².